The molecule has 1 heterocycles. The fourth-order valence-corrected chi connectivity index (χ4v) is 3.18. The van der Waals surface area contributed by atoms with Crippen LogP contribution in [0, 0.1) is 0 Å². The molecule has 3 nitrogen and oxygen atoms in total. The van der Waals surface area contributed by atoms with Crippen molar-refractivity contribution in [2.75, 3.05) is 18.1 Å². The van der Waals surface area contributed by atoms with Gasteiger partial charge in [-0.3, -0.25) is 4.79 Å². The molecular formula is C17H16BrNO2. The molecule has 0 saturated carbocycles. The Morgan fingerprint density at radius 2 is 2.05 bits per heavy atom. The number of rotatable bonds is 2. The van der Waals surface area contributed by atoms with Gasteiger partial charge >= 0.3 is 0 Å². The van der Waals surface area contributed by atoms with Crippen LogP contribution >= 0.6 is 15.9 Å². The van der Waals surface area contributed by atoms with E-state index in [1.807, 2.05) is 36.4 Å². The van der Waals surface area contributed by atoms with Crippen LogP contribution in [-0.4, -0.2) is 18.9 Å². The number of ether oxygens (including phenoxy) is 1. The Balaban J connectivity index is 1.91. The zero-order valence-electron chi connectivity index (χ0n) is 11.8. The number of nitrogens with zero attached hydrogens (tertiary/aromatic N) is 1. The van der Waals surface area contributed by atoms with Gasteiger partial charge in [-0.25, -0.2) is 0 Å². The van der Waals surface area contributed by atoms with Gasteiger partial charge in [-0.15, -0.1) is 0 Å². The summed E-state index contributed by atoms with van der Waals surface area (Å²) in [7, 11) is 0. The largest absolute Gasteiger partial charge is 0.491 e. The third-order valence-electron chi connectivity index (χ3n) is 3.65. The summed E-state index contributed by atoms with van der Waals surface area (Å²) in [5.74, 6) is 1.03. The maximum Gasteiger partial charge on any atom is 0.160 e. The van der Waals surface area contributed by atoms with Gasteiger partial charge in [0.05, 0.1) is 6.54 Å². The molecule has 1 aliphatic rings. The van der Waals surface area contributed by atoms with Gasteiger partial charge in [0.2, 0.25) is 0 Å². The van der Waals surface area contributed by atoms with Gasteiger partial charge in [0.15, 0.2) is 5.78 Å². The van der Waals surface area contributed by atoms with Crippen LogP contribution in [0.2, 0.25) is 0 Å². The molecule has 0 bridgehead atoms. The lowest BCUT2D eigenvalue weighted by Gasteiger charge is -2.22. The van der Waals surface area contributed by atoms with E-state index in [1.54, 1.807) is 6.92 Å². The molecule has 0 atom stereocenters. The first-order chi connectivity index (χ1) is 10.1. The van der Waals surface area contributed by atoms with Gasteiger partial charge in [-0.05, 0) is 47.1 Å². The Bertz CT molecular complexity index is 684. The summed E-state index contributed by atoms with van der Waals surface area (Å²) in [5, 5.41) is 0. The second kappa shape index (κ2) is 5.90. The molecule has 0 amide bonds. The molecule has 0 radical (unpaired) electrons. The Labute approximate surface area is 132 Å². The molecule has 0 N–H and O–H groups in total. The van der Waals surface area contributed by atoms with Crippen LogP contribution in [0.1, 0.15) is 22.8 Å². The molecule has 0 fully saturated rings. The highest BCUT2D eigenvalue weighted by Crippen LogP contribution is 2.29. The number of benzene rings is 2. The number of hydrogen-bond donors (Lipinski definition) is 0. The van der Waals surface area contributed by atoms with Crippen LogP contribution in [0.25, 0.3) is 0 Å². The van der Waals surface area contributed by atoms with Crippen molar-refractivity contribution in [3.8, 4) is 5.75 Å². The quantitative estimate of drug-likeness (QED) is 0.769. The fraction of sp³-hybridized carbons (Fsp3) is 0.235. The number of carbonyl (C=O) groups is 1. The number of fused-ring (bicyclic) bond motifs is 1. The summed E-state index contributed by atoms with van der Waals surface area (Å²) in [5.41, 5.74) is 2.99. The molecule has 1 aliphatic heterocycles. The maximum absolute atomic E-state index is 11.5. The third-order valence-corrected chi connectivity index (χ3v) is 4.31. The van der Waals surface area contributed by atoms with E-state index in [0.717, 1.165) is 29.0 Å². The van der Waals surface area contributed by atoms with Crippen molar-refractivity contribution in [1.29, 1.82) is 0 Å². The van der Waals surface area contributed by atoms with E-state index in [-0.39, 0.29) is 5.78 Å². The second-order valence-corrected chi connectivity index (χ2v) is 5.95. The van der Waals surface area contributed by atoms with Crippen LogP contribution < -0.4 is 9.64 Å². The standard InChI is InChI=1S/C17H16BrNO2/c1-12(20)15-7-6-14(10-16(15)18)19-8-9-21-17-5-3-2-4-13(17)11-19/h2-7,10H,8-9,11H2,1H3. The molecule has 0 saturated heterocycles. The van der Waals surface area contributed by atoms with Crippen molar-refractivity contribution >= 4 is 27.4 Å². The van der Waals surface area contributed by atoms with Crippen LogP contribution in [0.4, 0.5) is 5.69 Å². The lowest BCUT2D eigenvalue weighted by atomic mass is 10.1. The number of anilines is 1. The van der Waals surface area contributed by atoms with E-state index >= 15 is 0 Å². The van der Waals surface area contributed by atoms with Crippen molar-refractivity contribution in [1.82, 2.24) is 0 Å². The van der Waals surface area contributed by atoms with E-state index < -0.39 is 0 Å². The molecule has 0 unspecified atom stereocenters. The van der Waals surface area contributed by atoms with Crippen LogP contribution in [-0.2, 0) is 6.54 Å². The average molecular weight is 346 g/mol. The monoisotopic (exact) mass is 345 g/mol. The van der Waals surface area contributed by atoms with Gasteiger partial charge in [0.1, 0.15) is 12.4 Å². The summed E-state index contributed by atoms with van der Waals surface area (Å²) in [4.78, 5) is 13.8. The van der Waals surface area contributed by atoms with E-state index in [2.05, 4.69) is 26.9 Å². The minimum Gasteiger partial charge on any atom is -0.491 e. The van der Waals surface area contributed by atoms with E-state index in [9.17, 15) is 4.79 Å². The minimum atomic E-state index is 0.0676. The van der Waals surface area contributed by atoms with Crippen molar-refractivity contribution < 1.29 is 9.53 Å². The fourth-order valence-electron chi connectivity index (χ4n) is 2.53. The van der Waals surface area contributed by atoms with Crippen molar-refractivity contribution in [2.24, 2.45) is 0 Å². The summed E-state index contributed by atoms with van der Waals surface area (Å²) in [6.07, 6.45) is 0. The summed E-state index contributed by atoms with van der Waals surface area (Å²) in [6, 6.07) is 14.0. The van der Waals surface area contributed by atoms with Crippen molar-refractivity contribution in [3.05, 3.63) is 58.1 Å². The summed E-state index contributed by atoms with van der Waals surface area (Å²) < 4.78 is 6.62. The van der Waals surface area contributed by atoms with E-state index in [4.69, 9.17) is 4.74 Å². The first-order valence-electron chi connectivity index (χ1n) is 6.91. The minimum absolute atomic E-state index is 0.0676. The highest BCUT2D eigenvalue weighted by atomic mass is 79.9. The topological polar surface area (TPSA) is 29.5 Å². The zero-order chi connectivity index (χ0) is 14.8. The molecule has 2 aromatic carbocycles. The molecule has 4 heteroatoms. The first kappa shape index (κ1) is 14.1. The number of Topliss-reactive ketones (excluding diaryl/α,β-unsaturated/α-hetero) is 1. The summed E-state index contributed by atoms with van der Waals surface area (Å²) in [6.45, 7) is 3.86. The Hall–Kier alpha value is -1.81. The average Bonchev–Trinajstić information content (AvgIpc) is 2.68. The number of hydrogen-bond acceptors (Lipinski definition) is 3. The lowest BCUT2D eigenvalue weighted by Crippen LogP contribution is -2.25. The van der Waals surface area contributed by atoms with Gasteiger partial charge < -0.3 is 9.64 Å². The number of halogens is 1. The van der Waals surface area contributed by atoms with Crippen LogP contribution in [0.3, 0.4) is 0 Å². The predicted molar refractivity (Wildman–Crippen MR) is 87.1 cm³/mol. The van der Waals surface area contributed by atoms with Gasteiger partial charge in [0.25, 0.3) is 0 Å². The Morgan fingerprint density at radius 1 is 1.24 bits per heavy atom. The molecule has 3 rings (SSSR count). The first-order valence-corrected chi connectivity index (χ1v) is 7.70. The smallest absolute Gasteiger partial charge is 0.160 e. The SMILES string of the molecule is CC(=O)c1ccc(N2CCOc3ccccc3C2)cc1Br. The molecule has 2 aromatic rings. The number of para-hydroxylation sites is 1. The normalized spacial score (nSPS) is 14.1. The van der Waals surface area contributed by atoms with Gasteiger partial charge in [0, 0.05) is 27.8 Å². The number of carbonyl (C=O) groups excluding carboxylic acids is 1. The molecule has 0 spiro atoms. The van der Waals surface area contributed by atoms with Crippen LogP contribution in [0.5, 0.6) is 5.75 Å². The second-order valence-electron chi connectivity index (χ2n) is 5.10. The molecule has 21 heavy (non-hydrogen) atoms. The van der Waals surface area contributed by atoms with Gasteiger partial charge in [-0.2, -0.15) is 0 Å². The van der Waals surface area contributed by atoms with Crippen molar-refractivity contribution in [3.63, 3.8) is 0 Å². The molecular weight excluding hydrogens is 330 g/mol. The number of ketones is 1. The van der Waals surface area contributed by atoms with Crippen LogP contribution in [0.15, 0.2) is 46.9 Å². The molecule has 0 aromatic heterocycles. The van der Waals surface area contributed by atoms with Crippen molar-refractivity contribution in [2.45, 2.75) is 13.5 Å². The van der Waals surface area contributed by atoms with E-state index in [1.165, 1.54) is 5.56 Å². The maximum atomic E-state index is 11.5. The highest BCUT2D eigenvalue weighted by molar-refractivity contribution is 9.10. The predicted octanol–water partition coefficient (Wildman–Crippen LogP) is 4.05. The highest BCUT2D eigenvalue weighted by Gasteiger charge is 2.16. The van der Waals surface area contributed by atoms with Gasteiger partial charge in [-0.1, -0.05) is 18.2 Å². The molecule has 0 aliphatic carbocycles. The zero-order valence-corrected chi connectivity index (χ0v) is 13.4. The van der Waals surface area contributed by atoms with E-state index in [0.29, 0.717) is 12.2 Å². The summed E-state index contributed by atoms with van der Waals surface area (Å²) >= 11 is 3.49. The Morgan fingerprint density at radius 3 is 2.81 bits per heavy atom. The molecule has 108 valence electrons. The lowest BCUT2D eigenvalue weighted by molar-refractivity contribution is 0.101. The Kier molecular flexibility index (Phi) is 3.97. The third kappa shape index (κ3) is 2.95.